The predicted octanol–water partition coefficient (Wildman–Crippen LogP) is 4.05. The molecule has 0 heterocycles. The van der Waals surface area contributed by atoms with Crippen LogP contribution in [0.1, 0.15) is 67.2 Å². The number of carbonyl (C=O) groups is 1. The Hall–Kier alpha value is -0.770. The van der Waals surface area contributed by atoms with E-state index in [2.05, 4.69) is 19.2 Å². The second kappa shape index (κ2) is 8.76. The fourth-order valence-corrected chi connectivity index (χ4v) is 3.39. The lowest BCUT2D eigenvalue weighted by atomic mass is 9.80. The van der Waals surface area contributed by atoms with Crippen LogP contribution in [0, 0.1) is 11.8 Å². The summed E-state index contributed by atoms with van der Waals surface area (Å²) in [6, 6.07) is 0.648. The highest BCUT2D eigenvalue weighted by Gasteiger charge is 2.24. The van der Waals surface area contributed by atoms with Crippen LogP contribution in [0.3, 0.4) is 0 Å². The van der Waals surface area contributed by atoms with Gasteiger partial charge in [-0.15, -0.1) is 0 Å². The number of ether oxygens (including phenoxy) is 1. The molecule has 1 saturated carbocycles. The number of nitrogens with one attached hydrogen (secondary N) is 1. The van der Waals surface area contributed by atoms with Crippen molar-refractivity contribution in [3.05, 3.63) is 0 Å². The zero-order chi connectivity index (χ0) is 16.8. The van der Waals surface area contributed by atoms with E-state index in [-0.39, 0.29) is 6.09 Å². The lowest BCUT2D eigenvalue weighted by Crippen LogP contribution is -2.40. The van der Waals surface area contributed by atoms with Gasteiger partial charge in [0, 0.05) is 19.1 Å². The molecule has 1 aliphatic carbocycles. The molecule has 2 atom stereocenters. The van der Waals surface area contributed by atoms with Gasteiger partial charge in [-0.1, -0.05) is 13.8 Å². The normalized spacial score (nSPS) is 25.8. The Morgan fingerprint density at radius 3 is 2.27 bits per heavy atom. The van der Waals surface area contributed by atoms with E-state index in [1.54, 1.807) is 4.90 Å². The van der Waals surface area contributed by atoms with Gasteiger partial charge in [0.1, 0.15) is 5.60 Å². The summed E-state index contributed by atoms with van der Waals surface area (Å²) in [7, 11) is 0. The number of rotatable bonds is 6. The van der Waals surface area contributed by atoms with E-state index in [1.165, 1.54) is 19.3 Å². The monoisotopic (exact) mass is 312 g/mol. The summed E-state index contributed by atoms with van der Waals surface area (Å²) >= 11 is 0. The fraction of sp³-hybridized carbons (Fsp3) is 0.944. The minimum absolute atomic E-state index is 0.199. The summed E-state index contributed by atoms with van der Waals surface area (Å²) in [5, 5.41) is 3.67. The first-order valence-corrected chi connectivity index (χ1v) is 8.92. The molecule has 0 aliphatic heterocycles. The Morgan fingerprint density at radius 2 is 1.77 bits per heavy atom. The maximum Gasteiger partial charge on any atom is 0.410 e. The van der Waals surface area contributed by atoms with Crippen LogP contribution < -0.4 is 5.32 Å². The highest BCUT2D eigenvalue weighted by atomic mass is 16.6. The van der Waals surface area contributed by atoms with E-state index < -0.39 is 5.60 Å². The molecule has 1 amide bonds. The molecule has 2 unspecified atom stereocenters. The molecule has 4 nitrogen and oxygen atoms in total. The van der Waals surface area contributed by atoms with Crippen LogP contribution in [0.4, 0.5) is 4.79 Å². The zero-order valence-corrected chi connectivity index (χ0v) is 15.4. The molecule has 130 valence electrons. The van der Waals surface area contributed by atoms with Crippen molar-refractivity contribution in [2.45, 2.75) is 78.9 Å². The molecule has 4 heteroatoms. The molecular formula is C18H36N2O2. The molecule has 0 aromatic rings. The topological polar surface area (TPSA) is 41.6 Å². The smallest absolute Gasteiger partial charge is 0.410 e. The molecule has 1 rings (SSSR count). The van der Waals surface area contributed by atoms with Crippen molar-refractivity contribution in [1.29, 1.82) is 0 Å². The van der Waals surface area contributed by atoms with Crippen molar-refractivity contribution in [2.24, 2.45) is 11.8 Å². The molecule has 1 aliphatic rings. The number of nitrogens with zero attached hydrogens (tertiary/aromatic N) is 1. The summed E-state index contributed by atoms with van der Waals surface area (Å²) in [5.41, 5.74) is -0.420. The molecule has 0 radical (unpaired) electrons. The highest BCUT2D eigenvalue weighted by Crippen LogP contribution is 2.28. The van der Waals surface area contributed by atoms with E-state index >= 15 is 0 Å². The van der Waals surface area contributed by atoms with Crippen LogP contribution in [0.15, 0.2) is 0 Å². The second-order valence-electron chi connectivity index (χ2n) is 7.98. The van der Waals surface area contributed by atoms with E-state index in [9.17, 15) is 4.79 Å². The van der Waals surface area contributed by atoms with Crippen LogP contribution >= 0.6 is 0 Å². The standard InChI is InChI=1S/C18H36N2O2/c1-7-20(17(21)22-18(4,5)6)10-8-9-19-16-12-14(2)11-15(3)13-16/h14-16,19H,7-13H2,1-6H3. The third-order valence-electron chi connectivity index (χ3n) is 4.25. The Bertz CT molecular complexity index is 328. The lowest BCUT2D eigenvalue weighted by molar-refractivity contribution is 0.0258. The Morgan fingerprint density at radius 1 is 1.18 bits per heavy atom. The van der Waals surface area contributed by atoms with Gasteiger partial charge >= 0.3 is 6.09 Å². The molecule has 22 heavy (non-hydrogen) atoms. The van der Waals surface area contributed by atoms with Gasteiger partial charge in [-0.05, 0) is 71.8 Å². The SMILES string of the molecule is CCN(CCCNC1CC(C)CC(C)C1)C(=O)OC(C)(C)C. The van der Waals surface area contributed by atoms with Crippen LogP contribution in [0.2, 0.25) is 0 Å². The highest BCUT2D eigenvalue weighted by molar-refractivity contribution is 5.68. The first kappa shape index (κ1) is 19.3. The number of carbonyl (C=O) groups excluding carboxylic acids is 1. The van der Waals surface area contributed by atoms with E-state index in [0.717, 1.165) is 31.3 Å². The maximum absolute atomic E-state index is 12.1. The summed E-state index contributed by atoms with van der Waals surface area (Å²) in [5.74, 6) is 1.66. The van der Waals surface area contributed by atoms with Crippen LogP contribution in [0.25, 0.3) is 0 Å². The minimum Gasteiger partial charge on any atom is -0.444 e. The average Bonchev–Trinajstić information content (AvgIpc) is 2.35. The average molecular weight is 312 g/mol. The largest absolute Gasteiger partial charge is 0.444 e. The number of hydrogen-bond donors (Lipinski definition) is 1. The first-order chi connectivity index (χ1) is 10.2. The third-order valence-corrected chi connectivity index (χ3v) is 4.25. The Labute approximate surface area is 137 Å². The molecular weight excluding hydrogens is 276 g/mol. The van der Waals surface area contributed by atoms with Crippen molar-refractivity contribution in [1.82, 2.24) is 10.2 Å². The summed E-state index contributed by atoms with van der Waals surface area (Å²) in [6.07, 6.45) is 4.71. The van der Waals surface area contributed by atoms with Gasteiger partial charge in [-0.3, -0.25) is 0 Å². The molecule has 1 fully saturated rings. The van der Waals surface area contributed by atoms with Crippen LogP contribution in [0.5, 0.6) is 0 Å². The summed E-state index contributed by atoms with van der Waals surface area (Å²) < 4.78 is 5.43. The molecule has 0 bridgehead atoms. The third kappa shape index (κ3) is 7.48. The first-order valence-electron chi connectivity index (χ1n) is 8.92. The minimum atomic E-state index is -0.420. The van der Waals surface area contributed by atoms with Gasteiger partial charge in [0.2, 0.25) is 0 Å². The van der Waals surface area contributed by atoms with Gasteiger partial charge in [0.25, 0.3) is 0 Å². The van der Waals surface area contributed by atoms with E-state index in [1.807, 2.05) is 27.7 Å². The van der Waals surface area contributed by atoms with Gasteiger partial charge in [-0.2, -0.15) is 0 Å². The molecule has 1 N–H and O–H groups in total. The Kier molecular flexibility index (Phi) is 7.67. The second-order valence-corrected chi connectivity index (χ2v) is 7.98. The van der Waals surface area contributed by atoms with Crippen molar-refractivity contribution < 1.29 is 9.53 Å². The van der Waals surface area contributed by atoms with Crippen LogP contribution in [-0.4, -0.2) is 42.3 Å². The number of hydrogen-bond acceptors (Lipinski definition) is 3. The molecule has 0 aromatic heterocycles. The van der Waals surface area contributed by atoms with Crippen molar-refractivity contribution in [3.8, 4) is 0 Å². The van der Waals surface area contributed by atoms with Gasteiger partial charge < -0.3 is 15.0 Å². The number of amides is 1. The lowest BCUT2D eigenvalue weighted by Gasteiger charge is -2.32. The summed E-state index contributed by atoms with van der Waals surface area (Å²) in [4.78, 5) is 13.8. The fourth-order valence-electron chi connectivity index (χ4n) is 3.39. The summed E-state index contributed by atoms with van der Waals surface area (Å²) in [6.45, 7) is 14.9. The van der Waals surface area contributed by atoms with Gasteiger partial charge in [0.15, 0.2) is 0 Å². The molecule has 0 aromatic carbocycles. The predicted molar refractivity (Wildman–Crippen MR) is 92.1 cm³/mol. The van der Waals surface area contributed by atoms with E-state index in [0.29, 0.717) is 12.6 Å². The quantitative estimate of drug-likeness (QED) is 0.752. The van der Waals surface area contributed by atoms with Gasteiger partial charge in [0.05, 0.1) is 0 Å². The van der Waals surface area contributed by atoms with Crippen molar-refractivity contribution >= 4 is 6.09 Å². The van der Waals surface area contributed by atoms with Crippen molar-refractivity contribution in [3.63, 3.8) is 0 Å². The molecule has 0 spiro atoms. The van der Waals surface area contributed by atoms with Gasteiger partial charge in [-0.25, -0.2) is 4.79 Å². The molecule has 0 saturated heterocycles. The van der Waals surface area contributed by atoms with E-state index in [4.69, 9.17) is 4.74 Å². The van der Waals surface area contributed by atoms with Crippen LogP contribution in [-0.2, 0) is 4.74 Å². The Balaban J connectivity index is 2.25. The zero-order valence-electron chi connectivity index (χ0n) is 15.4. The van der Waals surface area contributed by atoms with Crippen molar-refractivity contribution in [2.75, 3.05) is 19.6 Å². The maximum atomic E-state index is 12.1.